The molecule has 2 fully saturated rings. The molecule has 0 aromatic carbocycles. The van der Waals surface area contributed by atoms with Gasteiger partial charge in [-0.2, -0.15) is 0 Å². The van der Waals surface area contributed by atoms with E-state index in [2.05, 4.69) is 4.90 Å². The SMILES string of the molecule is CC(=O)N1CCN(CC(=O)N2CCC(C(=O)N(C)C(C)C)CC2)CC1. The third kappa shape index (κ3) is 5.17. The van der Waals surface area contributed by atoms with Crippen molar-refractivity contribution in [2.75, 3.05) is 52.9 Å². The van der Waals surface area contributed by atoms with Gasteiger partial charge in [-0.05, 0) is 26.7 Å². The zero-order valence-corrected chi connectivity index (χ0v) is 16.0. The number of piperidine rings is 1. The number of hydrogen-bond acceptors (Lipinski definition) is 4. The Hall–Kier alpha value is -1.63. The summed E-state index contributed by atoms with van der Waals surface area (Å²) in [6.07, 6.45) is 1.50. The molecule has 0 aromatic rings. The summed E-state index contributed by atoms with van der Waals surface area (Å²) in [5.74, 6) is 0.474. The predicted molar refractivity (Wildman–Crippen MR) is 95.9 cm³/mol. The number of likely N-dealkylation sites (tertiary alicyclic amines) is 1. The molecular weight excluding hydrogens is 320 g/mol. The Balaban J connectivity index is 1.74. The van der Waals surface area contributed by atoms with Crippen LogP contribution in [0.15, 0.2) is 0 Å². The lowest BCUT2D eigenvalue weighted by Gasteiger charge is -2.37. The van der Waals surface area contributed by atoms with Crippen LogP contribution in [0, 0.1) is 5.92 Å². The molecule has 0 spiro atoms. The molecule has 2 rings (SSSR count). The predicted octanol–water partition coefficient (Wildman–Crippen LogP) is 0.256. The van der Waals surface area contributed by atoms with Crippen LogP contribution < -0.4 is 0 Å². The van der Waals surface area contributed by atoms with Crippen molar-refractivity contribution in [3.8, 4) is 0 Å². The maximum atomic E-state index is 12.5. The lowest BCUT2D eigenvalue weighted by Crippen LogP contribution is -2.52. The molecule has 2 aliphatic heterocycles. The number of rotatable bonds is 4. The fraction of sp³-hybridized carbons (Fsp3) is 0.833. The van der Waals surface area contributed by atoms with Crippen molar-refractivity contribution in [1.29, 1.82) is 0 Å². The molecule has 7 nitrogen and oxygen atoms in total. The topological polar surface area (TPSA) is 64.2 Å². The van der Waals surface area contributed by atoms with Gasteiger partial charge in [0.15, 0.2) is 0 Å². The lowest BCUT2D eigenvalue weighted by molar-refractivity contribution is -0.141. The van der Waals surface area contributed by atoms with Crippen LogP contribution in [0.4, 0.5) is 0 Å². The van der Waals surface area contributed by atoms with Crippen molar-refractivity contribution >= 4 is 17.7 Å². The van der Waals surface area contributed by atoms with Gasteiger partial charge in [0.2, 0.25) is 17.7 Å². The van der Waals surface area contributed by atoms with Gasteiger partial charge in [-0.1, -0.05) is 0 Å². The van der Waals surface area contributed by atoms with E-state index < -0.39 is 0 Å². The monoisotopic (exact) mass is 352 g/mol. The number of nitrogens with zero attached hydrogens (tertiary/aromatic N) is 4. The van der Waals surface area contributed by atoms with Crippen LogP contribution in [-0.4, -0.2) is 96.2 Å². The van der Waals surface area contributed by atoms with Crippen LogP contribution in [0.2, 0.25) is 0 Å². The zero-order chi connectivity index (χ0) is 18.6. The Morgan fingerprint density at radius 2 is 1.52 bits per heavy atom. The highest BCUT2D eigenvalue weighted by Gasteiger charge is 2.30. The first-order valence-corrected chi connectivity index (χ1v) is 9.32. The quantitative estimate of drug-likeness (QED) is 0.728. The molecule has 0 bridgehead atoms. The van der Waals surface area contributed by atoms with Crippen molar-refractivity contribution in [3.05, 3.63) is 0 Å². The summed E-state index contributed by atoms with van der Waals surface area (Å²) in [5, 5.41) is 0. The maximum absolute atomic E-state index is 12.5. The van der Waals surface area contributed by atoms with E-state index in [1.807, 2.05) is 30.7 Å². The third-order valence-electron chi connectivity index (χ3n) is 5.50. The van der Waals surface area contributed by atoms with Gasteiger partial charge in [0.25, 0.3) is 0 Å². The zero-order valence-electron chi connectivity index (χ0n) is 16.0. The number of carbonyl (C=O) groups excluding carboxylic acids is 3. The number of hydrogen-bond donors (Lipinski definition) is 0. The van der Waals surface area contributed by atoms with Crippen LogP contribution in [0.1, 0.15) is 33.6 Å². The lowest BCUT2D eigenvalue weighted by atomic mass is 9.95. The Kier molecular flexibility index (Phi) is 6.81. The van der Waals surface area contributed by atoms with E-state index in [1.54, 1.807) is 11.8 Å². The Morgan fingerprint density at radius 3 is 2.00 bits per heavy atom. The molecule has 3 amide bonds. The summed E-state index contributed by atoms with van der Waals surface area (Å²) in [4.78, 5) is 43.9. The van der Waals surface area contributed by atoms with Gasteiger partial charge in [0, 0.05) is 65.2 Å². The van der Waals surface area contributed by atoms with Crippen LogP contribution >= 0.6 is 0 Å². The van der Waals surface area contributed by atoms with E-state index >= 15 is 0 Å². The van der Waals surface area contributed by atoms with Gasteiger partial charge in [-0.15, -0.1) is 0 Å². The largest absolute Gasteiger partial charge is 0.343 e. The normalized spacial score (nSPS) is 20.0. The Morgan fingerprint density at radius 1 is 0.960 bits per heavy atom. The maximum Gasteiger partial charge on any atom is 0.236 e. The molecule has 2 saturated heterocycles. The Labute approximate surface area is 150 Å². The second-order valence-electron chi connectivity index (χ2n) is 7.48. The summed E-state index contributed by atoms with van der Waals surface area (Å²) in [7, 11) is 1.85. The van der Waals surface area contributed by atoms with Crippen molar-refractivity contribution in [2.24, 2.45) is 5.92 Å². The molecular formula is C18H32N4O3. The average Bonchev–Trinajstić information content (AvgIpc) is 2.60. The fourth-order valence-corrected chi connectivity index (χ4v) is 3.43. The summed E-state index contributed by atoms with van der Waals surface area (Å²) in [6, 6.07) is 0.209. The van der Waals surface area contributed by atoms with Crippen LogP contribution in [-0.2, 0) is 14.4 Å². The summed E-state index contributed by atoms with van der Waals surface area (Å²) in [6.45, 7) is 10.2. The molecule has 0 radical (unpaired) electrons. The second kappa shape index (κ2) is 8.65. The van der Waals surface area contributed by atoms with E-state index in [1.165, 1.54) is 0 Å². The standard InChI is InChI=1S/C18H32N4O3/c1-14(2)19(4)18(25)16-5-7-22(8-6-16)17(24)13-20-9-11-21(12-10-20)15(3)23/h14,16H,5-13H2,1-4H3. The number of amides is 3. The molecule has 2 heterocycles. The van der Waals surface area contributed by atoms with E-state index in [0.717, 1.165) is 25.9 Å². The van der Waals surface area contributed by atoms with Gasteiger partial charge in [0.05, 0.1) is 6.54 Å². The van der Waals surface area contributed by atoms with Gasteiger partial charge in [0.1, 0.15) is 0 Å². The molecule has 7 heteroatoms. The fourth-order valence-electron chi connectivity index (χ4n) is 3.43. The van der Waals surface area contributed by atoms with Crippen LogP contribution in [0.3, 0.4) is 0 Å². The summed E-state index contributed by atoms with van der Waals surface area (Å²) >= 11 is 0. The van der Waals surface area contributed by atoms with Crippen molar-refractivity contribution in [2.45, 2.75) is 39.7 Å². The highest BCUT2D eigenvalue weighted by Crippen LogP contribution is 2.20. The molecule has 0 unspecified atom stereocenters. The second-order valence-corrected chi connectivity index (χ2v) is 7.48. The summed E-state index contributed by atoms with van der Waals surface area (Å²) in [5.41, 5.74) is 0. The molecule has 142 valence electrons. The van der Waals surface area contributed by atoms with Gasteiger partial charge in [-0.25, -0.2) is 0 Å². The first-order valence-electron chi connectivity index (χ1n) is 9.32. The van der Waals surface area contributed by atoms with Crippen molar-refractivity contribution in [3.63, 3.8) is 0 Å². The third-order valence-corrected chi connectivity index (χ3v) is 5.50. The van der Waals surface area contributed by atoms with E-state index in [9.17, 15) is 14.4 Å². The number of carbonyl (C=O) groups is 3. The van der Waals surface area contributed by atoms with Crippen LogP contribution in [0.25, 0.3) is 0 Å². The van der Waals surface area contributed by atoms with Gasteiger partial charge < -0.3 is 14.7 Å². The molecule has 0 atom stereocenters. The summed E-state index contributed by atoms with van der Waals surface area (Å²) < 4.78 is 0. The van der Waals surface area contributed by atoms with E-state index in [-0.39, 0.29) is 29.7 Å². The first-order chi connectivity index (χ1) is 11.8. The van der Waals surface area contributed by atoms with Crippen molar-refractivity contribution in [1.82, 2.24) is 19.6 Å². The molecule has 0 aliphatic carbocycles. The first kappa shape index (κ1) is 19.7. The highest BCUT2D eigenvalue weighted by atomic mass is 16.2. The molecule has 0 aromatic heterocycles. The molecule has 0 saturated carbocycles. The number of piperazine rings is 1. The van der Waals surface area contributed by atoms with Gasteiger partial charge >= 0.3 is 0 Å². The average molecular weight is 352 g/mol. The van der Waals surface area contributed by atoms with Crippen molar-refractivity contribution < 1.29 is 14.4 Å². The minimum atomic E-state index is 0.0376. The minimum absolute atomic E-state index is 0.0376. The van der Waals surface area contributed by atoms with Gasteiger partial charge in [-0.3, -0.25) is 19.3 Å². The minimum Gasteiger partial charge on any atom is -0.343 e. The molecule has 0 N–H and O–H groups in total. The van der Waals surface area contributed by atoms with Crippen LogP contribution in [0.5, 0.6) is 0 Å². The molecule has 25 heavy (non-hydrogen) atoms. The smallest absolute Gasteiger partial charge is 0.236 e. The van der Waals surface area contributed by atoms with E-state index in [0.29, 0.717) is 32.7 Å². The highest BCUT2D eigenvalue weighted by molar-refractivity contribution is 5.81. The van der Waals surface area contributed by atoms with E-state index in [4.69, 9.17) is 0 Å². The Bertz CT molecular complexity index is 493. The molecule has 2 aliphatic rings.